The third-order valence-corrected chi connectivity index (χ3v) is 2.56. The lowest BCUT2D eigenvalue weighted by Gasteiger charge is -2.05. The minimum Gasteiger partial charge on any atom is -0.382 e. The molecule has 1 N–H and O–H groups in total. The number of methoxy groups -OCH3 is 1. The summed E-state index contributed by atoms with van der Waals surface area (Å²) in [5.41, 5.74) is 0. The predicted octanol–water partition coefficient (Wildman–Crippen LogP) is 2.60. The molecule has 0 heterocycles. The van der Waals surface area contributed by atoms with Crippen LogP contribution < -0.4 is 5.32 Å². The minimum atomic E-state index is 0.692. The van der Waals surface area contributed by atoms with Crippen LogP contribution in [0.1, 0.15) is 45.4 Å². The van der Waals surface area contributed by atoms with Crippen LogP contribution in [-0.4, -0.2) is 40.0 Å². The summed E-state index contributed by atoms with van der Waals surface area (Å²) in [6, 6.07) is 0. The second kappa shape index (κ2) is 14.9. The molecule has 0 aromatic rings. The van der Waals surface area contributed by atoms with E-state index in [4.69, 9.17) is 9.47 Å². The molecule has 0 bridgehead atoms. The van der Waals surface area contributed by atoms with Crippen molar-refractivity contribution in [1.82, 2.24) is 5.32 Å². The zero-order valence-corrected chi connectivity index (χ0v) is 11.1. The van der Waals surface area contributed by atoms with Crippen molar-refractivity contribution in [2.75, 3.05) is 40.0 Å². The van der Waals surface area contributed by atoms with Gasteiger partial charge in [0.1, 0.15) is 0 Å². The second-order valence-corrected chi connectivity index (χ2v) is 4.12. The molecule has 0 atom stereocenters. The van der Waals surface area contributed by atoms with Gasteiger partial charge in [-0.15, -0.1) is 0 Å². The first kappa shape index (κ1) is 15.9. The van der Waals surface area contributed by atoms with Crippen LogP contribution in [0.4, 0.5) is 0 Å². The standard InChI is InChI=1S/C13H29NO2/c1-3-4-5-6-7-8-9-14-10-11-16-13-12-15-2/h14H,3-13H2,1-2H3. The van der Waals surface area contributed by atoms with Gasteiger partial charge in [-0.1, -0.05) is 39.0 Å². The molecule has 0 aromatic carbocycles. The first-order valence-electron chi connectivity index (χ1n) is 6.69. The Hall–Kier alpha value is -0.120. The number of ether oxygens (including phenoxy) is 2. The van der Waals surface area contributed by atoms with Gasteiger partial charge in [0.2, 0.25) is 0 Å². The molecule has 3 heteroatoms. The molecule has 0 radical (unpaired) electrons. The zero-order chi connectivity index (χ0) is 11.9. The lowest BCUT2D eigenvalue weighted by molar-refractivity contribution is 0.0720. The highest BCUT2D eigenvalue weighted by molar-refractivity contribution is 4.49. The van der Waals surface area contributed by atoms with E-state index in [2.05, 4.69) is 12.2 Å². The smallest absolute Gasteiger partial charge is 0.0700 e. The van der Waals surface area contributed by atoms with E-state index in [1.165, 1.54) is 38.5 Å². The molecule has 0 aliphatic heterocycles. The van der Waals surface area contributed by atoms with Crippen LogP contribution in [0, 0.1) is 0 Å². The van der Waals surface area contributed by atoms with Crippen molar-refractivity contribution in [2.45, 2.75) is 45.4 Å². The summed E-state index contributed by atoms with van der Waals surface area (Å²) in [6.45, 7) is 6.52. The predicted molar refractivity (Wildman–Crippen MR) is 68.9 cm³/mol. The maximum absolute atomic E-state index is 5.35. The fourth-order valence-electron chi connectivity index (χ4n) is 1.54. The summed E-state index contributed by atoms with van der Waals surface area (Å²) in [4.78, 5) is 0. The Labute approximate surface area is 101 Å². The number of hydrogen-bond acceptors (Lipinski definition) is 3. The van der Waals surface area contributed by atoms with Gasteiger partial charge < -0.3 is 14.8 Å². The average molecular weight is 231 g/mol. The van der Waals surface area contributed by atoms with Gasteiger partial charge in [0, 0.05) is 13.7 Å². The van der Waals surface area contributed by atoms with Crippen LogP contribution in [0.25, 0.3) is 0 Å². The quantitative estimate of drug-likeness (QED) is 0.494. The Morgan fingerprint density at radius 2 is 1.56 bits per heavy atom. The average Bonchev–Trinajstić information content (AvgIpc) is 2.31. The molecule has 0 rings (SSSR count). The Morgan fingerprint density at radius 3 is 2.31 bits per heavy atom. The highest BCUT2D eigenvalue weighted by atomic mass is 16.5. The normalized spacial score (nSPS) is 10.9. The molecule has 0 saturated heterocycles. The summed E-state index contributed by atoms with van der Waals surface area (Å²) < 4.78 is 10.2. The number of rotatable bonds is 13. The van der Waals surface area contributed by atoms with E-state index >= 15 is 0 Å². The first-order valence-corrected chi connectivity index (χ1v) is 6.69. The lowest BCUT2D eigenvalue weighted by atomic mass is 10.1. The van der Waals surface area contributed by atoms with Gasteiger partial charge >= 0.3 is 0 Å². The molecule has 0 aliphatic rings. The van der Waals surface area contributed by atoms with Gasteiger partial charge in [-0.3, -0.25) is 0 Å². The second-order valence-electron chi connectivity index (χ2n) is 4.12. The molecule has 0 unspecified atom stereocenters. The number of unbranched alkanes of at least 4 members (excludes halogenated alkanes) is 5. The summed E-state index contributed by atoms with van der Waals surface area (Å²) in [7, 11) is 1.69. The Bertz CT molecular complexity index is 107. The summed E-state index contributed by atoms with van der Waals surface area (Å²) in [6.07, 6.45) is 8.16. The van der Waals surface area contributed by atoms with Gasteiger partial charge in [-0.2, -0.15) is 0 Å². The van der Waals surface area contributed by atoms with Gasteiger partial charge in [0.15, 0.2) is 0 Å². The molecule has 16 heavy (non-hydrogen) atoms. The third kappa shape index (κ3) is 13.9. The molecular formula is C13H29NO2. The highest BCUT2D eigenvalue weighted by Crippen LogP contribution is 2.03. The highest BCUT2D eigenvalue weighted by Gasteiger charge is 1.91. The van der Waals surface area contributed by atoms with Crippen LogP contribution in [0.5, 0.6) is 0 Å². The van der Waals surface area contributed by atoms with Crippen molar-refractivity contribution < 1.29 is 9.47 Å². The molecule has 0 saturated carbocycles. The monoisotopic (exact) mass is 231 g/mol. The Kier molecular flexibility index (Phi) is 14.8. The summed E-state index contributed by atoms with van der Waals surface area (Å²) in [5, 5.41) is 3.39. The summed E-state index contributed by atoms with van der Waals surface area (Å²) in [5.74, 6) is 0. The molecule has 3 nitrogen and oxygen atoms in total. The van der Waals surface area contributed by atoms with Crippen LogP contribution in [0.2, 0.25) is 0 Å². The molecular weight excluding hydrogens is 202 g/mol. The molecule has 0 aliphatic carbocycles. The Balaban J connectivity index is 2.83. The van der Waals surface area contributed by atoms with E-state index < -0.39 is 0 Å². The fraction of sp³-hybridized carbons (Fsp3) is 1.00. The molecule has 0 spiro atoms. The molecule has 0 amide bonds. The van der Waals surface area contributed by atoms with Gasteiger partial charge in [-0.05, 0) is 13.0 Å². The van der Waals surface area contributed by atoms with E-state index in [1.807, 2.05) is 0 Å². The summed E-state index contributed by atoms with van der Waals surface area (Å²) >= 11 is 0. The Morgan fingerprint density at radius 1 is 0.812 bits per heavy atom. The molecule has 98 valence electrons. The van der Waals surface area contributed by atoms with Crippen molar-refractivity contribution in [1.29, 1.82) is 0 Å². The number of hydrogen-bond donors (Lipinski definition) is 1. The fourth-order valence-corrected chi connectivity index (χ4v) is 1.54. The lowest BCUT2D eigenvalue weighted by Crippen LogP contribution is -2.21. The molecule has 0 fully saturated rings. The third-order valence-electron chi connectivity index (χ3n) is 2.56. The van der Waals surface area contributed by atoms with Gasteiger partial charge in [0.25, 0.3) is 0 Å². The van der Waals surface area contributed by atoms with E-state index in [9.17, 15) is 0 Å². The SMILES string of the molecule is CCCCCCCCNCCOCCOC. The van der Waals surface area contributed by atoms with Crippen molar-refractivity contribution in [3.63, 3.8) is 0 Å². The van der Waals surface area contributed by atoms with Crippen LogP contribution in [0.15, 0.2) is 0 Å². The van der Waals surface area contributed by atoms with Crippen molar-refractivity contribution >= 4 is 0 Å². The van der Waals surface area contributed by atoms with Crippen molar-refractivity contribution in [2.24, 2.45) is 0 Å². The van der Waals surface area contributed by atoms with Gasteiger partial charge in [0.05, 0.1) is 19.8 Å². The van der Waals surface area contributed by atoms with Crippen molar-refractivity contribution in [3.8, 4) is 0 Å². The zero-order valence-electron chi connectivity index (χ0n) is 11.1. The van der Waals surface area contributed by atoms with E-state index in [0.717, 1.165) is 19.7 Å². The molecule has 0 aromatic heterocycles. The first-order chi connectivity index (χ1) is 7.91. The van der Waals surface area contributed by atoms with Crippen LogP contribution in [0.3, 0.4) is 0 Å². The van der Waals surface area contributed by atoms with Crippen LogP contribution >= 0.6 is 0 Å². The van der Waals surface area contributed by atoms with E-state index in [1.54, 1.807) is 7.11 Å². The van der Waals surface area contributed by atoms with Crippen molar-refractivity contribution in [3.05, 3.63) is 0 Å². The van der Waals surface area contributed by atoms with E-state index in [-0.39, 0.29) is 0 Å². The van der Waals surface area contributed by atoms with E-state index in [0.29, 0.717) is 13.2 Å². The van der Waals surface area contributed by atoms with Gasteiger partial charge in [-0.25, -0.2) is 0 Å². The van der Waals surface area contributed by atoms with Crippen LogP contribution in [-0.2, 0) is 9.47 Å². The number of nitrogens with one attached hydrogen (secondary N) is 1. The largest absolute Gasteiger partial charge is 0.382 e. The minimum absolute atomic E-state index is 0.692. The maximum atomic E-state index is 5.35. The topological polar surface area (TPSA) is 30.5 Å². The maximum Gasteiger partial charge on any atom is 0.0700 e.